The average molecular weight is 411 g/mol. The van der Waals surface area contributed by atoms with E-state index in [9.17, 15) is 0 Å². The minimum atomic E-state index is 0.00818. The molecule has 28 heavy (non-hydrogen) atoms. The summed E-state index contributed by atoms with van der Waals surface area (Å²) in [7, 11) is 0. The summed E-state index contributed by atoms with van der Waals surface area (Å²) in [6.45, 7) is 4.19. The Morgan fingerprint density at radius 3 is 2.57 bits per heavy atom. The molecule has 0 aliphatic carbocycles. The van der Waals surface area contributed by atoms with Crippen LogP contribution in [0.25, 0.3) is 11.5 Å². The van der Waals surface area contributed by atoms with Gasteiger partial charge in [0.2, 0.25) is 5.89 Å². The van der Waals surface area contributed by atoms with Crippen molar-refractivity contribution in [3.05, 3.63) is 93.0 Å². The fraction of sp³-hybridized carbons (Fsp3) is 0.182. The second-order valence-electron chi connectivity index (χ2n) is 6.84. The summed E-state index contributed by atoms with van der Waals surface area (Å²) in [5.41, 5.74) is 3.34. The second kappa shape index (κ2) is 8.27. The fourth-order valence-corrected chi connectivity index (χ4v) is 4.16. The zero-order valence-electron chi connectivity index (χ0n) is 15.7. The van der Waals surface area contributed by atoms with Crippen LogP contribution in [-0.4, -0.2) is 10.2 Å². The molecule has 0 saturated carbocycles. The molecule has 2 aromatic heterocycles. The molecular formula is C22H21ClN3OS+. The summed E-state index contributed by atoms with van der Waals surface area (Å²) in [5.74, 6) is 1.09. The number of aromatic nitrogens is 2. The monoisotopic (exact) mass is 410 g/mol. The summed E-state index contributed by atoms with van der Waals surface area (Å²) in [5, 5.41) is 13.5. The Hall–Kier alpha value is -2.47. The molecule has 4 nitrogen and oxygen atoms in total. The normalized spacial score (nSPS) is 13.4. The summed E-state index contributed by atoms with van der Waals surface area (Å²) < 4.78 is 5.95. The minimum absolute atomic E-state index is 0.00818. The average Bonchev–Trinajstić information content (AvgIpc) is 3.39. The van der Waals surface area contributed by atoms with Gasteiger partial charge in [-0.3, -0.25) is 0 Å². The smallest absolute Gasteiger partial charge is 0.274 e. The summed E-state index contributed by atoms with van der Waals surface area (Å²) in [6.07, 6.45) is 0. The van der Waals surface area contributed by atoms with Crippen molar-refractivity contribution in [3.63, 3.8) is 0 Å². The van der Waals surface area contributed by atoms with Crippen molar-refractivity contribution >= 4 is 22.9 Å². The van der Waals surface area contributed by atoms with E-state index in [2.05, 4.69) is 71.1 Å². The Balaban J connectivity index is 1.58. The van der Waals surface area contributed by atoms with Gasteiger partial charge in [-0.1, -0.05) is 53.6 Å². The van der Waals surface area contributed by atoms with Crippen molar-refractivity contribution in [1.82, 2.24) is 10.2 Å². The number of hydrogen-bond acceptors (Lipinski definition) is 4. The van der Waals surface area contributed by atoms with E-state index in [-0.39, 0.29) is 12.1 Å². The zero-order chi connectivity index (χ0) is 19.5. The Bertz CT molecular complexity index is 1040. The Morgan fingerprint density at radius 2 is 1.86 bits per heavy atom. The van der Waals surface area contributed by atoms with Crippen molar-refractivity contribution < 1.29 is 9.73 Å². The fourth-order valence-electron chi connectivity index (χ4n) is 3.14. The van der Waals surface area contributed by atoms with Crippen LogP contribution in [0.3, 0.4) is 0 Å². The molecule has 0 spiro atoms. The molecule has 0 aliphatic rings. The molecule has 0 aliphatic heterocycles. The number of benzene rings is 2. The lowest BCUT2D eigenvalue weighted by Crippen LogP contribution is -2.85. The first-order valence-electron chi connectivity index (χ1n) is 9.14. The molecular weight excluding hydrogens is 390 g/mol. The minimum Gasteiger partial charge on any atom is -0.415 e. The van der Waals surface area contributed by atoms with Crippen LogP contribution in [0.2, 0.25) is 5.02 Å². The molecule has 2 heterocycles. The van der Waals surface area contributed by atoms with Gasteiger partial charge >= 0.3 is 0 Å². The zero-order valence-corrected chi connectivity index (χ0v) is 17.2. The van der Waals surface area contributed by atoms with Crippen LogP contribution in [-0.2, 0) is 0 Å². The van der Waals surface area contributed by atoms with Crippen molar-refractivity contribution in [3.8, 4) is 11.5 Å². The van der Waals surface area contributed by atoms with E-state index < -0.39 is 0 Å². The summed E-state index contributed by atoms with van der Waals surface area (Å²) in [6, 6.07) is 20.6. The van der Waals surface area contributed by atoms with E-state index in [0.29, 0.717) is 16.8 Å². The quantitative estimate of drug-likeness (QED) is 0.476. The summed E-state index contributed by atoms with van der Waals surface area (Å²) >= 11 is 7.83. The number of nitrogens with two attached hydrogens (primary N) is 1. The van der Waals surface area contributed by atoms with Gasteiger partial charge in [0.05, 0.1) is 4.88 Å². The number of thiophene rings is 1. The topological polar surface area (TPSA) is 55.5 Å². The Kier molecular flexibility index (Phi) is 5.57. The van der Waals surface area contributed by atoms with Gasteiger partial charge in [-0.05, 0) is 43.5 Å². The van der Waals surface area contributed by atoms with Gasteiger partial charge in [-0.25, -0.2) is 0 Å². The largest absolute Gasteiger partial charge is 0.415 e. The maximum atomic E-state index is 6.07. The van der Waals surface area contributed by atoms with E-state index >= 15 is 0 Å². The third-order valence-corrected chi connectivity index (χ3v) is 5.86. The van der Waals surface area contributed by atoms with E-state index in [1.54, 1.807) is 11.3 Å². The molecule has 4 rings (SSSR count). The highest BCUT2D eigenvalue weighted by Gasteiger charge is 2.26. The Morgan fingerprint density at radius 1 is 1.04 bits per heavy atom. The van der Waals surface area contributed by atoms with E-state index in [1.807, 2.05) is 24.3 Å². The third kappa shape index (κ3) is 4.17. The predicted molar refractivity (Wildman–Crippen MR) is 112 cm³/mol. The Labute approximate surface area is 173 Å². The molecule has 0 amide bonds. The lowest BCUT2D eigenvalue weighted by molar-refractivity contribution is -0.725. The van der Waals surface area contributed by atoms with Gasteiger partial charge < -0.3 is 9.73 Å². The van der Waals surface area contributed by atoms with Gasteiger partial charge in [0.15, 0.2) is 6.04 Å². The van der Waals surface area contributed by atoms with Gasteiger partial charge in [0.25, 0.3) is 5.89 Å². The van der Waals surface area contributed by atoms with Crippen LogP contribution in [0.5, 0.6) is 0 Å². The molecule has 0 radical (unpaired) electrons. The molecule has 6 heteroatoms. The van der Waals surface area contributed by atoms with Gasteiger partial charge in [0.1, 0.15) is 6.04 Å². The van der Waals surface area contributed by atoms with Crippen molar-refractivity contribution in [1.29, 1.82) is 0 Å². The second-order valence-corrected chi connectivity index (χ2v) is 8.26. The number of quaternary nitrogens is 1. The van der Waals surface area contributed by atoms with Crippen molar-refractivity contribution in [2.45, 2.75) is 25.9 Å². The van der Waals surface area contributed by atoms with E-state index in [1.165, 1.54) is 16.0 Å². The highest BCUT2D eigenvalue weighted by molar-refractivity contribution is 7.10. The van der Waals surface area contributed by atoms with Crippen LogP contribution in [0.15, 0.2) is 70.5 Å². The number of hydrogen-bond donors (Lipinski definition) is 1. The first kappa shape index (κ1) is 18.9. The first-order chi connectivity index (χ1) is 13.6. The lowest BCUT2D eigenvalue weighted by atomic mass is 10.0. The van der Waals surface area contributed by atoms with E-state index in [0.717, 1.165) is 5.56 Å². The van der Waals surface area contributed by atoms with Crippen LogP contribution in [0.4, 0.5) is 0 Å². The van der Waals surface area contributed by atoms with Crippen LogP contribution < -0.4 is 5.32 Å². The highest BCUT2D eigenvalue weighted by atomic mass is 35.5. The molecule has 0 bridgehead atoms. The molecule has 2 aromatic carbocycles. The molecule has 0 fully saturated rings. The number of halogens is 1. The van der Waals surface area contributed by atoms with Gasteiger partial charge in [-0.15, -0.1) is 21.5 Å². The number of nitrogens with zero attached hydrogens (tertiary/aromatic N) is 2. The number of aryl methyl sites for hydroxylation is 1. The molecule has 2 N–H and O–H groups in total. The third-order valence-electron chi connectivity index (χ3n) is 4.67. The van der Waals surface area contributed by atoms with Crippen LogP contribution in [0, 0.1) is 6.92 Å². The molecule has 142 valence electrons. The maximum absolute atomic E-state index is 6.07. The van der Waals surface area contributed by atoms with Gasteiger partial charge in [0, 0.05) is 16.1 Å². The highest BCUT2D eigenvalue weighted by Crippen LogP contribution is 2.26. The molecule has 2 atom stereocenters. The molecule has 0 unspecified atom stereocenters. The standard InChI is InChI=1S/C22H20ClN3OS/c1-14-8-10-16(11-9-14)20(19-7-4-12-28-19)24-15(2)21-25-26-22(27-21)17-5-3-6-18(23)13-17/h3-13,15,20,24H,1-2H3/p+1/t15-,20-/m0/s1. The van der Waals surface area contributed by atoms with Crippen LogP contribution in [0.1, 0.15) is 40.9 Å². The lowest BCUT2D eigenvalue weighted by Gasteiger charge is -2.18. The predicted octanol–water partition coefficient (Wildman–Crippen LogP) is 5.17. The van der Waals surface area contributed by atoms with E-state index in [4.69, 9.17) is 16.0 Å². The summed E-state index contributed by atoms with van der Waals surface area (Å²) in [4.78, 5) is 1.30. The number of rotatable bonds is 6. The molecule has 4 aromatic rings. The van der Waals surface area contributed by atoms with Crippen molar-refractivity contribution in [2.75, 3.05) is 0 Å². The van der Waals surface area contributed by atoms with Crippen LogP contribution >= 0.6 is 22.9 Å². The molecule has 0 saturated heterocycles. The SMILES string of the molecule is Cc1ccc([C@H]([NH2+][C@@H](C)c2nnc(-c3cccc(Cl)c3)o2)c2cccs2)cc1. The van der Waals surface area contributed by atoms with Crippen molar-refractivity contribution in [2.24, 2.45) is 0 Å². The van der Waals surface area contributed by atoms with Gasteiger partial charge in [-0.2, -0.15) is 0 Å². The maximum Gasteiger partial charge on any atom is 0.274 e. The first-order valence-corrected chi connectivity index (χ1v) is 10.4.